The second-order valence-electron chi connectivity index (χ2n) is 3.78. The van der Waals surface area contributed by atoms with Crippen molar-refractivity contribution in [3.8, 4) is 0 Å². The summed E-state index contributed by atoms with van der Waals surface area (Å²) in [6, 6.07) is 4.38. The van der Waals surface area contributed by atoms with E-state index in [1.165, 1.54) is 30.5 Å². The lowest BCUT2D eigenvalue weighted by atomic mass is 9.87. The van der Waals surface area contributed by atoms with Gasteiger partial charge in [-0.1, -0.05) is 13.0 Å². The average molecular weight is 161 g/mol. The molecule has 0 spiro atoms. The fraction of sp³-hybridized carbons (Fsp3) is 0.545. The Labute approximate surface area is 73.8 Å². The van der Waals surface area contributed by atoms with E-state index in [0.717, 1.165) is 11.6 Å². The maximum absolute atomic E-state index is 4.56. The van der Waals surface area contributed by atoms with Crippen LogP contribution in [-0.2, 0) is 6.42 Å². The van der Waals surface area contributed by atoms with Crippen molar-refractivity contribution in [3.05, 3.63) is 29.1 Å². The number of fused-ring (bicyclic) bond motifs is 1. The van der Waals surface area contributed by atoms with Crippen molar-refractivity contribution < 1.29 is 0 Å². The second kappa shape index (κ2) is 2.89. The van der Waals surface area contributed by atoms with Crippen LogP contribution in [0.1, 0.15) is 42.6 Å². The Hall–Kier alpha value is -0.850. The van der Waals surface area contributed by atoms with E-state index >= 15 is 0 Å². The van der Waals surface area contributed by atoms with Gasteiger partial charge < -0.3 is 0 Å². The number of hydrogen-bond acceptors (Lipinski definition) is 1. The van der Waals surface area contributed by atoms with E-state index in [9.17, 15) is 0 Å². The van der Waals surface area contributed by atoms with Crippen LogP contribution in [0.5, 0.6) is 0 Å². The van der Waals surface area contributed by atoms with Crippen molar-refractivity contribution in [2.75, 3.05) is 0 Å². The number of aromatic nitrogens is 1. The number of nitrogens with zero attached hydrogens (tertiary/aromatic N) is 1. The topological polar surface area (TPSA) is 12.9 Å². The molecule has 1 aliphatic rings. The van der Waals surface area contributed by atoms with Crippen LogP contribution in [0.2, 0.25) is 0 Å². The fourth-order valence-corrected chi connectivity index (χ4v) is 2.00. The van der Waals surface area contributed by atoms with Crippen LogP contribution < -0.4 is 0 Å². The molecule has 0 radical (unpaired) electrons. The molecule has 1 heterocycles. The van der Waals surface area contributed by atoms with E-state index in [1.54, 1.807) is 0 Å². The smallest absolute Gasteiger partial charge is 0.0441 e. The molecule has 1 aromatic heterocycles. The van der Waals surface area contributed by atoms with Gasteiger partial charge in [-0.25, -0.2) is 0 Å². The van der Waals surface area contributed by atoms with Crippen LogP contribution in [0.15, 0.2) is 12.1 Å². The molecule has 0 N–H and O–H groups in total. The minimum Gasteiger partial charge on any atom is -0.258 e. The van der Waals surface area contributed by atoms with Crippen LogP contribution >= 0.6 is 0 Å². The third-order valence-electron chi connectivity index (χ3n) is 2.73. The van der Waals surface area contributed by atoms with E-state index in [2.05, 4.69) is 31.0 Å². The number of hydrogen-bond donors (Lipinski definition) is 0. The molecule has 1 heteroatoms. The quantitative estimate of drug-likeness (QED) is 0.570. The molecule has 0 saturated carbocycles. The second-order valence-corrected chi connectivity index (χ2v) is 3.78. The Kier molecular flexibility index (Phi) is 1.87. The monoisotopic (exact) mass is 161 g/mol. The Balaban J connectivity index is 2.46. The Morgan fingerprint density at radius 2 is 2.25 bits per heavy atom. The molecular formula is C11H15N. The normalized spacial score (nSPS) is 22.0. The zero-order valence-corrected chi connectivity index (χ0v) is 7.80. The van der Waals surface area contributed by atoms with Gasteiger partial charge in [-0.15, -0.1) is 0 Å². The van der Waals surface area contributed by atoms with Gasteiger partial charge in [0.25, 0.3) is 0 Å². The number of rotatable bonds is 0. The summed E-state index contributed by atoms with van der Waals surface area (Å²) in [5.41, 5.74) is 3.98. The molecule has 2 rings (SSSR count). The Morgan fingerprint density at radius 3 is 3.08 bits per heavy atom. The molecule has 0 bridgehead atoms. The van der Waals surface area contributed by atoms with Crippen molar-refractivity contribution in [1.82, 2.24) is 4.98 Å². The van der Waals surface area contributed by atoms with Gasteiger partial charge in [0, 0.05) is 11.4 Å². The van der Waals surface area contributed by atoms with E-state index < -0.39 is 0 Å². The predicted molar refractivity (Wildman–Crippen MR) is 50.3 cm³/mol. The van der Waals surface area contributed by atoms with E-state index in [-0.39, 0.29) is 0 Å². The zero-order chi connectivity index (χ0) is 8.55. The standard InChI is InChI=1S/C11H15N/c1-8-4-3-5-11-10(8)7-6-9(2)12-11/h6-8H,3-5H2,1-2H3/t8-/m0/s1. The highest BCUT2D eigenvalue weighted by atomic mass is 14.7. The molecule has 1 aliphatic carbocycles. The van der Waals surface area contributed by atoms with Gasteiger partial charge in [0.15, 0.2) is 0 Å². The molecule has 0 unspecified atom stereocenters. The molecule has 1 nitrogen and oxygen atoms in total. The molecule has 12 heavy (non-hydrogen) atoms. The molecule has 64 valence electrons. The first-order valence-corrected chi connectivity index (χ1v) is 4.74. The van der Waals surface area contributed by atoms with E-state index in [1.807, 2.05) is 0 Å². The minimum absolute atomic E-state index is 0.724. The largest absolute Gasteiger partial charge is 0.258 e. The molecule has 0 fully saturated rings. The summed E-state index contributed by atoms with van der Waals surface area (Å²) in [6.45, 7) is 4.37. The van der Waals surface area contributed by atoms with Crippen molar-refractivity contribution in [2.45, 2.75) is 39.0 Å². The third-order valence-corrected chi connectivity index (χ3v) is 2.73. The molecule has 1 aromatic rings. The highest BCUT2D eigenvalue weighted by Gasteiger charge is 2.16. The molecule has 1 atom stereocenters. The van der Waals surface area contributed by atoms with Gasteiger partial charge >= 0.3 is 0 Å². The molecule has 0 aromatic carbocycles. The minimum atomic E-state index is 0.724. The lowest BCUT2D eigenvalue weighted by Crippen LogP contribution is -2.09. The maximum Gasteiger partial charge on any atom is 0.0441 e. The van der Waals surface area contributed by atoms with Crippen molar-refractivity contribution in [3.63, 3.8) is 0 Å². The van der Waals surface area contributed by atoms with Crippen molar-refractivity contribution in [2.24, 2.45) is 0 Å². The summed E-state index contributed by atoms with van der Waals surface area (Å²) in [5.74, 6) is 0.724. The lowest BCUT2D eigenvalue weighted by molar-refractivity contribution is 0.577. The molecule has 0 saturated heterocycles. The first-order chi connectivity index (χ1) is 5.77. The van der Waals surface area contributed by atoms with E-state index in [0.29, 0.717) is 0 Å². The van der Waals surface area contributed by atoms with Gasteiger partial charge in [-0.3, -0.25) is 4.98 Å². The van der Waals surface area contributed by atoms with Gasteiger partial charge in [-0.2, -0.15) is 0 Å². The SMILES string of the molecule is Cc1ccc2c(n1)CCC[C@@H]2C. The van der Waals surface area contributed by atoms with Crippen molar-refractivity contribution in [1.29, 1.82) is 0 Å². The summed E-state index contributed by atoms with van der Waals surface area (Å²) in [6.07, 6.45) is 3.82. The van der Waals surface area contributed by atoms with Crippen LogP contribution in [0.25, 0.3) is 0 Å². The summed E-state index contributed by atoms with van der Waals surface area (Å²) in [4.78, 5) is 4.56. The van der Waals surface area contributed by atoms with Gasteiger partial charge in [0.1, 0.15) is 0 Å². The number of pyridine rings is 1. The van der Waals surface area contributed by atoms with Crippen LogP contribution in [0.3, 0.4) is 0 Å². The van der Waals surface area contributed by atoms with Gasteiger partial charge in [0.2, 0.25) is 0 Å². The molecule has 0 aliphatic heterocycles. The Morgan fingerprint density at radius 1 is 1.42 bits per heavy atom. The molecule has 0 amide bonds. The lowest BCUT2D eigenvalue weighted by Gasteiger charge is -2.21. The average Bonchev–Trinajstić information content (AvgIpc) is 2.04. The molecular weight excluding hydrogens is 146 g/mol. The predicted octanol–water partition coefficient (Wildman–Crippen LogP) is 2.83. The van der Waals surface area contributed by atoms with E-state index in [4.69, 9.17) is 0 Å². The Bertz CT molecular complexity index is 291. The summed E-state index contributed by atoms with van der Waals surface area (Å²) in [5, 5.41) is 0. The van der Waals surface area contributed by atoms with Crippen LogP contribution in [0, 0.1) is 6.92 Å². The first-order valence-electron chi connectivity index (χ1n) is 4.74. The maximum atomic E-state index is 4.56. The number of aryl methyl sites for hydroxylation is 2. The summed E-state index contributed by atoms with van der Waals surface area (Å²) < 4.78 is 0. The first kappa shape index (κ1) is 7.78. The van der Waals surface area contributed by atoms with Gasteiger partial charge in [-0.05, 0) is 43.7 Å². The van der Waals surface area contributed by atoms with Crippen LogP contribution in [-0.4, -0.2) is 4.98 Å². The zero-order valence-electron chi connectivity index (χ0n) is 7.80. The summed E-state index contributed by atoms with van der Waals surface area (Å²) >= 11 is 0. The summed E-state index contributed by atoms with van der Waals surface area (Å²) in [7, 11) is 0. The third kappa shape index (κ3) is 1.24. The highest BCUT2D eigenvalue weighted by Crippen LogP contribution is 2.29. The highest BCUT2D eigenvalue weighted by molar-refractivity contribution is 5.28. The fourth-order valence-electron chi connectivity index (χ4n) is 2.00. The van der Waals surface area contributed by atoms with Crippen LogP contribution in [0.4, 0.5) is 0 Å². The van der Waals surface area contributed by atoms with Gasteiger partial charge in [0.05, 0.1) is 0 Å². The van der Waals surface area contributed by atoms with Crippen molar-refractivity contribution >= 4 is 0 Å².